The third-order valence-corrected chi connectivity index (χ3v) is 3.67. The Hall–Kier alpha value is -1.56. The maximum Gasteiger partial charge on any atom is 0.194 e. The van der Waals surface area contributed by atoms with Crippen molar-refractivity contribution in [3.05, 3.63) is 45.7 Å². The molecule has 0 atom stereocenters. The smallest absolute Gasteiger partial charge is 0.194 e. The number of halogens is 3. The summed E-state index contributed by atoms with van der Waals surface area (Å²) in [5.41, 5.74) is 6.55. The summed E-state index contributed by atoms with van der Waals surface area (Å²) in [5, 5.41) is 0.404. The van der Waals surface area contributed by atoms with Gasteiger partial charge in [0.2, 0.25) is 0 Å². The number of nitrogens with two attached hydrogens (primary N) is 1. The van der Waals surface area contributed by atoms with Gasteiger partial charge in [0.1, 0.15) is 0 Å². The molecule has 1 heterocycles. The van der Waals surface area contributed by atoms with Crippen LogP contribution in [-0.4, -0.2) is 4.98 Å². The molecule has 0 spiro atoms. The van der Waals surface area contributed by atoms with E-state index < -0.39 is 17.5 Å². The molecule has 0 bridgehead atoms. The lowest BCUT2D eigenvalue weighted by Crippen LogP contribution is -1.99. The van der Waals surface area contributed by atoms with Gasteiger partial charge >= 0.3 is 0 Å². The molecule has 0 unspecified atom stereocenters. The Bertz CT molecular complexity index is 596. The van der Waals surface area contributed by atoms with Crippen molar-refractivity contribution < 1.29 is 13.2 Å². The molecule has 0 saturated carbocycles. The molecule has 2 aromatic rings. The van der Waals surface area contributed by atoms with Crippen molar-refractivity contribution in [1.29, 1.82) is 0 Å². The van der Waals surface area contributed by atoms with Gasteiger partial charge in [-0.2, -0.15) is 0 Å². The van der Waals surface area contributed by atoms with Crippen molar-refractivity contribution in [2.24, 2.45) is 0 Å². The highest BCUT2D eigenvalue weighted by atomic mass is 32.1. The third-order valence-electron chi connectivity index (χ3n) is 2.75. The lowest BCUT2D eigenvalue weighted by Gasteiger charge is -2.04. The van der Waals surface area contributed by atoms with E-state index in [1.807, 2.05) is 6.92 Å². The standard InChI is InChI=1S/C13H13F3N2S/c1-2-3-9-10(19-13(17)18-9)6-7-4-5-8(14)12(16)11(7)15/h4-5H,2-3,6H2,1H3,(H2,17,18). The fourth-order valence-electron chi connectivity index (χ4n) is 1.85. The Labute approximate surface area is 113 Å². The molecule has 1 aromatic carbocycles. The molecular weight excluding hydrogens is 273 g/mol. The van der Waals surface area contributed by atoms with Crippen LogP contribution in [0.15, 0.2) is 12.1 Å². The number of aryl methyl sites for hydroxylation is 1. The predicted molar refractivity (Wildman–Crippen MR) is 69.6 cm³/mol. The lowest BCUT2D eigenvalue weighted by atomic mass is 10.1. The normalized spacial score (nSPS) is 10.9. The van der Waals surface area contributed by atoms with Gasteiger partial charge in [0.05, 0.1) is 5.69 Å². The number of anilines is 1. The molecule has 6 heteroatoms. The first-order valence-electron chi connectivity index (χ1n) is 5.89. The minimum Gasteiger partial charge on any atom is -0.375 e. The van der Waals surface area contributed by atoms with E-state index in [0.29, 0.717) is 5.13 Å². The zero-order valence-electron chi connectivity index (χ0n) is 10.3. The highest BCUT2D eigenvalue weighted by Crippen LogP contribution is 2.26. The minimum atomic E-state index is -1.44. The van der Waals surface area contributed by atoms with E-state index >= 15 is 0 Å². The van der Waals surface area contributed by atoms with Gasteiger partial charge < -0.3 is 5.73 Å². The van der Waals surface area contributed by atoms with Gasteiger partial charge in [-0.25, -0.2) is 18.2 Å². The molecule has 0 radical (unpaired) electrons. The molecule has 0 aliphatic heterocycles. The molecule has 2 rings (SSSR count). The summed E-state index contributed by atoms with van der Waals surface area (Å²) in [5.74, 6) is -3.76. The average molecular weight is 286 g/mol. The van der Waals surface area contributed by atoms with Gasteiger partial charge in [-0.15, -0.1) is 11.3 Å². The zero-order valence-corrected chi connectivity index (χ0v) is 11.2. The molecule has 2 nitrogen and oxygen atoms in total. The van der Waals surface area contributed by atoms with Crippen molar-refractivity contribution in [3.63, 3.8) is 0 Å². The van der Waals surface area contributed by atoms with E-state index in [0.717, 1.165) is 29.5 Å². The zero-order chi connectivity index (χ0) is 14.0. The van der Waals surface area contributed by atoms with Gasteiger partial charge in [-0.05, 0) is 18.1 Å². The summed E-state index contributed by atoms with van der Waals surface area (Å²) in [6.07, 6.45) is 1.79. The van der Waals surface area contributed by atoms with Crippen molar-refractivity contribution >= 4 is 16.5 Å². The predicted octanol–water partition coefficient (Wildman–Crippen LogP) is 3.69. The quantitative estimate of drug-likeness (QED) is 0.871. The first-order valence-corrected chi connectivity index (χ1v) is 6.71. The van der Waals surface area contributed by atoms with Crippen molar-refractivity contribution in [3.8, 4) is 0 Å². The monoisotopic (exact) mass is 286 g/mol. The van der Waals surface area contributed by atoms with Crippen LogP contribution in [0.2, 0.25) is 0 Å². The molecule has 0 amide bonds. The molecular formula is C13H13F3N2S. The van der Waals surface area contributed by atoms with Crippen LogP contribution in [0.1, 0.15) is 29.5 Å². The number of nitrogens with zero attached hydrogens (tertiary/aromatic N) is 1. The van der Waals surface area contributed by atoms with E-state index in [1.165, 1.54) is 17.4 Å². The maximum atomic E-state index is 13.6. The summed E-state index contributed by atoms with van der Waals surface area (Å²) in [6, 6.07) is 2.18. The molecule has 0 aliphatic carbocycles. The van der Waals surface area contributed by atoms with Crippen LogP contribution >= 0.6 is 11.3 Å². The van der Waals surface area contributed by atoms with Gasteiger partial charge in [0.15, 0.2) is 22.6 Å². The highest BCUT2D eigenvalue weighted by molar-refractivity contribution is 7.15. The molecule has 0 fully saturated rings. The van der Waals surface area contributed by atoms with Crippen LogP contribution in [-0.2, 0) is 12.8 Å². The van der Waals surface area contributed by atoms with Crippen molar-refractivity contribution in [1.82, 2.24) is 4.98 Å². The Balaban J connectivity index is 2.33. The topological polar surface area (TPSA) is 38.9 Å². The summed E-state index contributed by atoms with van der Waals surface area (Å²) < 4.78 is 39.6. The van der Waals surface area contributed by atoms with Gasteiger partial charge in [-0.1, -0.05) is 19.4 Å². The van der Waals surface area contributed by atoms with Gasteiger partial charge in [0, 0.05) is 11.3 Å². The first-order chi connectivity index (χ1) is 9.02. The summed E-state index contributed by atoms with van der Waals surface area (Å²) in [7, 11) is 0. The van der Waals surface area contributed by atoms with Crippen molar-refractivity contribution in [2.75, 3.05) is 5.73 Å². The number of thiazole rings is 1. The van der Waals surface area contributed by atoms with E-state index in [1.54, 1.807) is 0 Å². The second-order valence-corrected chi connectivity index (χ2v) is 5.30. The third kappa shape index (κ3) is 2.89. The second kappa shape index (κ2) is 5.61. The Morgan fingerprint density at radius 2 is 1.95 bits per heavy atom. The Morgan fingerprint density at radius 1 is 1.21 bits per heavy atom. The van der Waals surface area contributed by atoms with Crippen LogP contribution < -0.4 is 5.73 Å². The van der Waals surface area contributed by atoms with Crippen molar-refractivity contribution in [2.45, 2.75) is 26.2 Å². The number of rotatable bonds is 4. The van der Waals surface area contributed by atoms with E-state index in [-0.39, 0.29) is 12.0 Å². The summed E-state index contributed by atoms with van der Waals surface area (Å²) in [4.78, 5) is 4.97. The van der Waals surface area contributed by atoms with E-state index in [4.69, 9.17) is 5.73 Å². The number of hydrogen-bond acceptors (Lipinski definition) is 3. The lowest BCUT2D eigenvalue weighted by molar-refractivity contribution is 0.442. The van der Waals surface area contributed by atoms with E-state index in [2.05, 4.69) is 4.98 Å². The molecule has 1 aromatic heterocycles. The highest BCUT2D eigenvalue weighted by Gasteiger charge is 2.16. The number of aromatic nitrogens is 1. The number of benzene rings is 1. The first kappa shape index (κ1) is 13.9. The van der Waals surface area contributed by atoms with Crippen LogP contribution in [0.3, 0.4) is 0 Å². The van der Waals surface area contributed by atoms with Crippen LogP contribution in [0, 0.1) is 17.5 Å². The van der Waals surface area contributed by atoms with Crippen LogP contribution in [0.4, 0.5) is 18.3 Å². The van der Waals surface area contributed by atoms with Gasteiger partial charge in [-0.3, -0.25) is 0 Å². The SMILES string of the molecule is CCCc1nc(N)sc1Cc1ccc(F)c(F)c1F. The summed E-state index contributed by atoms with van der Waals surface area (Å²) >= 11 is 1.25. The molecule has 0 saturated heterocycles. The minimum absolute atomic E-state index is 0.111. The molecule has 102 valence electrons. The molecule has 2 N–H and O–H groups in total. The van der Waals surface area contributed by atoms with Gasteiger partial charge in [0.25, 0.3) is 0 Å². The number of hydrogen-bond donors (Lipinski definition) is 1. The second-order valence-electron chi connectivity index (χ2n) is 4.18. The fraction of sp³-hybridized carbons (Fsp3) is 0.308. The largest absolute Gasteiger partial charge is 0.375 e. The number of nitrogen functional groups attached to an aromatic ring is 1. The Kier molecular flexibility index (Phi) is 4.09. The molecule has 19 heavy (non-hydrogen) atoms. The molecule has 0 aliphatic rings. The fourth-order valence-corrected chi connectivity index (χ4v) is 2.75. The Morgan fingerprint density at radius 3 is 2.63 bits per heavy atom. The van der Waals surface area contributed by atoms with Crippen LogP contribution in [0.25, 0.3) is 0 Å². The van der Waals surface area contributed by atoms with Crippen LogP contribution in [0.5, 0.6) is 0 Å². The maximum absolute atomic E-state index is 13.6. The average Bonchev–Trinajstić information content (AvgIpc) is 2.71. The van der Waals surface area contributed by atoms with E-state index in [9.17, 15) is 13.2 Å². The summed E-state index contributed by atoms with van der Waals surface area (Å²) in [6.45, 7) is 2.00.